The highest BCUT2D eigenvalue weighted by Gasteiger charge is 2.30. The molecule has 118 valence electrons. The van der Waals surface area contributed by atoms with Crippen LogP contribution in [0.4, 0.5) is 0 Å². The molecule has 2 heterocycles. The van der Waals surface area contributed by atoms with Gasteiger partial charge in [-0.05, 0) is 12.8 Å². The summed E-state index contributed by atoms with van der Waals surface area (Å²) in [6.45, 7) is 0.959. The molecule has 0 aromatic carbocycles. The first kappa shape index (κ1) is 15.9. The van der Waals surface area contributed by atoms with E-state index in [1.54, 1.807) is 6.20 Å². The lowest BCUT2D eigenvalue weighted by atomic mass is 10.2. The fraction of sp³-hybridized carbons (Fsp3) is 0.667. The van der Waals surface area contributed by atoms with Crippen LogP contribution >= 0.6 is 0 Å². The second-order valence-electron chi connectivity index (χ2n) is 4.94. The van der Waals surface area contributed by atoms with Crippen LogP contribution in [0.2, 0.25) is 0 Å². The van der Waals surface area contributed by atoms with Crippen molar-refractivity contribution in [2.75, 3.05) is 20.2 Å². The van der Waals surface area contributed by atoms with Crippen LogP contribution in [0.5, 0.6) is 0 Å². The largest absolute Gasteiger partial charge is 0.468 e. The number of hydrogen-bond donors (Lipinski definition) is 2. The van der Waals surface area contributed by atoms with Crippen LogP contribution in [0.3, 0.4) is 0 Å². The summed E-state index contributed by atoms with van der Waals surface area (Å²) in [5, 5.41) is 0. The third kappa shape index (κ3) is 4.26. The lowest BCUT2D eigenvalue weighted by Crippen LogP contribution is -2.50. The van der Waals surface area contributed by atoms with E-state index in [1.807, 2.05) is 0 Å². The highest BCUT2D eigenvalue weighted by Crippen LogP contribution is 2.13. The molecular weight excluding hydrogens is 296 g/mol. The molecule has 9 heteroatoms. The molecule has 1 aromatic heterocycles. The van der Waals surface area contributed by atoms with Crippen molar-refractivity contribution in [2.45, 2.75) is 31.7 Å². The first-order valence-corrected chi connectivity index (χ1v) is 8.29. The summed E-state index contributed by atoms with van der Waals surface area (Å²) < 4.78 is 33.1. The van der Waals surface area contributed by atoms with E-state index < -0.39 is 22.2 Å². The van der Waals surface area contributed by atoms with Gasteiger partial charge in [0, 0.05) is 31.4 Å². The van der Waals surface area contributed by atoms with Crippen molar-refractivity contribution in [3.8, 4) is 0 Å². The number of aromatic amines is 1. The lowest BCUT2D eigenvalue weighted by molar-refractivity contribution is -0.142. The van der Waals surface area contributed by atoms with Crippen LogP contribution in [0.1, 0.15) is 25.0 Å². The maximum Gasteiger partial charge on any atom is 0.324 e. The normalized spacial score (nSPS) is 18.3. The molecule has 0 saturated carbocycles. The minimum Gasteiger partial charge on any atom is -0.468 e. The molecule has 0 aliphatic carbocycles. The second kappa shape index (κ2) is 7.01. The van der Waals surface area contributed by atoms with Gasteiger partial charge in [0.2, 0.25) is 0 Å². The number of H-pyrrole nitrogens is 1. The summed E-state index contributed by atoms with van der Waals surface area (Å²) in [4.78, 5) is 18.5. The molecule has 1 fully saturated rings. The third-order valence-electron chi connectivity index (χ3n) is 3.41. The van der Waals surface area contributed by atoms with Gasteiger partial charge in [0.15, 0.2) is 0 Å². The smallest absolute Gasteiger partial charge is 0.324 e. The maximum atomic E-state index is 12.3. The number of esters is 1. The van der Waals surface area contributed by atoms with E-state index in [1.165, 1.54) is 17.7 Å². The van der Waals surface area contributed by atoms with Gasteiger partial charge in [-0.2, -0.15) is 17.4 Å². The zero-order chi connectivity index (χ0) is 15.3. The standard InChI is InChI=1S/C12H20N4O4S/c1-20-12(17)11(7-10-8-13-9-14-10)15-21(18,19)16-5-3-2-4-6-16/h8-9,11,15H,2-7H2,1H3,(H,13,14)/t11-/m0/s1. The minimum atomic E-state index is -3.69. The molecular formula is C12H20N4O4S. The fourth-order valence-electron chi connectivity index (χ4n) is 2.29. The molecule has 0 amide bonds. The van der Waals surface area contributed by atoms with E-state index >= 15 is 0 Å². The number of methoxy groups -OCH3 is 1. The van der Waals surface area contributed by atoms with E-state index in [-0.39, 0.29) is 6.42 Å². The molecule has 1 aliphatic heterocycles. The Kier molecular flexibility index (Phi) is 5.32. The molecule has 1 aliphatic rings. The Morgan fingerprint density at radius 3 is 2.76 bits per heavy atom. The molecule has 0 spiro atoms. The van der Waals surface area contributed by atoms with Gasteiger partial charge in [-0.3, -0.25) is 4.79 Å². The SMILES string of the molecule is COC(=O)[C@H](Cc1cnc[nH]1)NS(=O)(=O)N1CCCCC1. The summed E-state index contributed by atoms with van der Waals surface area (Å²) in [7, 11) is -2.46. The highest BCUT2D eigenvalue weighted by molar-refractivity contribution is 7.87. The topological polar surface area (TPSA) is 104 Å². The second-order valence-corrected chi connectivity index (χ2v) is 6.64. The van der Waals surface area contributed by atoms with Gasteiger partial charge < -0.3 is 9.72 Å². The Morgan fingerprint density at radius 2 is 2.19 bits per heavy atom. The van der Waals surface area contributed by atoms with E-state index in [0.717, 1.165) is 19.3 Å². The van der Waals surface area contributed by atoms with Gasteiger partial charge in [0.25, 0.3) is 10.2 Å². The first-order valence-electron chi connectivity index (χ1n) is 6.85. The summed E-state index contributed by atoms with van der Waals surface area (Å²) in [6.07, 6.45) is 5.89. The van der Waals surface area contributed by atoms with Crippen molar-refractivity contribution in [2.24, 2.45) is 0 Å². The molecule has 2 N–H and O–H groups in total. The number of ether oxygens (including phenoxy) is 1. The number of imidazole rings is 1. The summed E-state index contributed by atoms with van der Waals surface area (Å²) in [5.74, 6) is -0.620. The zero-order valence-electron chi connectivity index (χ0n) is 11.9. The van der Waals surface area contributed by atoms with Gasteiger partial charge in [-0.15, -0.1) is 0 Å². The van der Waals surface area contributed by atoms with Crippen molar-refractivity contribution >= 4 is 16.2 Å². The van der Waals surface area contributed by atoms with Gasteiger partial charge in [-0.1, -0.05) is 6.42 Å². The molecule has 1 saturated heterocycles. The van der Waals surface area contributed by atoms with E-state index in [0.29, 0.717) is 18.8 Å². The molecule has 21 heavy (non-hydrogen) atoms. The Balaban J connectivity index is 2.08. The summed E-state index contributed by atoms with van der Waals surface area (Å²) in [5.41, 5.74) is 0.659. The molecule has 2 rings (SSSR count). The van der Waals surface area contributed by atoms with Crippen LogP contribution < -0.4 is 4.72 Å². The minimum absolute atomic E-state index is 0.166. The number of aromatic nitrogens is 2. The average Bonchev–Trinajstić information content (AvgIpc) is 2.99. The van der Waals surface area contributed by atoms with Crippen molar-refractivity contribution in [3.63, 3.8) is 0 Å². The number of piperidine rings is 1. The van der Waals surface area contributed by atoms with Crippen LogP contribution in [-0.4, -0.2) is 54.9 Å². The Morgan fingerprint density at radius 1 is 1.48 bits per heavy atom. The number of nitrogens with zero attached hydrogens (tertiary/aromatic N) is 2. The van der Waals surface area contributed by atoms with E-state index in [9.17, 15) is 13.2 Å². The van der Waals surface area contributed by atoms with Crippen molar-refractivity contribution in [1.82, 2.24) is 19.0 Å². The van der Waals surface area contributed by atoms with Crippen LogP contribution in [-0.2, 0) is 26.2 Å². The molecule has 0 radical (unpaired) electrons. The molecule has 1 atom stereocenters. The molecule has 1 aromatic rings. The summed E-state index contributed by atoms with van der Waals surface area (Å²) in [6, 6.07) is -0.970. The van der Waals surface area contributed by atoms with Crippen molar-refractivity contribution in [3.05, 3.63) is 18.2 Å². The highest BCUT2D eigenvalue weighted by atomic mass is 32.2. The number of nitrogens with one attached hydrogen (secondary N) is 2. The summed E-state index contributed by atoms with van der Waals surface area (Å²) >= 11 is 0. The Labute approximate surface area is 124 Å². The van der Waals surface area contributed by atoms with Crippen LogP contribution in [0.15, 0.2) is 12.5 Å². The van der Waals surface area contributed by atoms with Crippen LogP contribution in [0, 0.1) is 0 Å². The first-order chi connectivity index (χ1) is 10.0. The van der Waals surface area contributed by atoms with E-state index in [4.69, 9.17) is 0 Å². The van der Waals surface area contributed by atoms with Gasteiger partial charge in [-0.25, -0.2) is 4.98 Å². The van der Waals surface area contributed by atoms with Gasteiger partial charge >= 0.3 is 5.97 Å². The zero-order valence-corrected chi connectivity index (χ0v) is 12.7. The number of hydrogen-bond acceptors (Lipinski definition) is 5. The predicted octanol–water partition coefficient (Wildman–Crippen LogP) is -0.186. The van der Waals surface area contributed by atoms with Crippen molar-refractivity contribution < 1.29 is 17.9 Å². The van der Waals surface area contributed by atoms with Gasteiger partial charge in [0.1, 0.15) is 6.04 Å². The predicted molar refractivity (Wildman–Crippen MR) is 75.6 cm³/mol. The monoisotopic (exact) mass is 316 g/mol. The lowest BCUT2D eigenvalue weighted by Gasteiger charge is -2.27. The maximum absolute atomic E-state index is 12.3. The van der Waals surface area contributed by atoms with Gasteiger partial charge in [0.05, 0.1) is 13.4 Å². The number of carbonyl (C=O) groups is 1. The molecule has 0 bridgehead atoms. The quantitative estimate of drug-likeness (QED) is 0.708. The third-order valence-corrected chi connectivity index (χ3v) is 5.04. The Bertz CT molecular complexity index is 552. The van der Waals surface area contributed by atoms with Crippen LogP contribution in [0.25, 0.3) is 0 Å². The number of carbonyl (C=O) groups excluding carboxylic acids is 1. The van der Waals surface area contributed by atoms with E-state index in [2.05, 4.69) is 19.4 Å². The Hall–Kier alpha value is -1.45. The fourth-order valence-corrected chi connectivity index (χ4v) is 3.72. The molecule has 8 nitrogen and oxygen atoms in total. The number of rotatable bonds is 6. The average molecular weight is 316 g/mol. The molecule has 0 unspecified atom stereocenters. The van der Waals surface area contributed by atoms with Crippen molar-refractivity contribution in [1.29, 1.82) is 0 Å².